The Kier molecular flexibility index (Phi) is 4.18. The molecule has 1 aromatic rings. The smallest absolute Gasteiger partial charge is 0.127 e. The first-order chi connectivity index (χ1) is 7.75. The first-order valence-corrected chi connectivity index (χ1v) is 6.66. The van der Waals surface area contributed by atoms with Crippen molar-refractivity contribution >= 4 is 11.8 Å². The lowest BCUT2D eigenvalue weighted by atomic mass is 10.1. The number of halogens is 2. The molecule has 1 saturated heterocycles. The molecule has 1 aliphatic rings. The Morgan fingerprint density at radius 1 is 1.38 bits per heavy atom. The van der Waals surface area contributed by atoms with Crippen molar-refractivity contribution in [3.05, 3.63) is 35.4 Å². The third kappa shape index (κ3) is 3.19. The minimum atomic E-state index is -0.379. The molecule has 2 rings (SSSR count). The molecule has 1 unspecified atom stereocenters. The van der Waals surface area contributed by atoms with Gasteiger partial charge in [0.15, 0.2) is 0 Å². The zero-order valence-corrected chi connectivity index (χ0v) is 9.83. The number of thioether (sulfide) groups is 1. The maximum atomic E-state index is 13.3. The molecule has 1 aromatic carbocycles. The third-order valence-corrected chi connectivity index (χ3v) is 3.96. The molecule has 0 spiro atoms. The van der Waals surface area contributed by atoms with Gasteiger partial charge in [-0.2, -0.15) is 11.8 Å². The predicted octanol–water partition coefficient (Wildman–Crippen LogP) is 2.95. The second-order valence-corrected chi connectivity index (χ2v) is 5.18. The summed E-state index contributed by atoms with van der Waals surface area (Å²) in [6.07, 6.45) is 2.33. The van der Waals surface area contributed by atoms with Crippen molar-refractivity contribution in [1.29, 1.82) is 0 Å². The van der Waals surface area contributed by atoms with E-state index in [1.165, 1.54) is 24.3 Å². The van der Waals surface area contributed by atoms with Gasteiger partial charge in [0.2, 0.25) is 0 Å². The van der Waals surface area contributed by atoms with Crippen LogP contribution in [0.5, 0.6) is 0 Å². The van der Waals surface area contributed by atoms with Crippen LogP contribution in [-0.4, -0.2) is 17.5 Å². The van der Waals surface area contributed by atoms with Gasteiger partial charge in [-0.3, -0.25) is 0 Å². The summed E-state index contributed by atoms with van der Waals surface area (Å²) >= 11 is 1.92. The van der Waals surface area contributed by atoms with Crippen LogP contribution in [0.2, 0.25) is 0 Å². The van der Waals surface area contributed by atoms with Gasteiger partial charge < -0.3 is 5.32 Å². The zero-order chi connectivity index (χ0) is 11.4. The van der Waals surface area contributed by atoms with Crippen molar-refractivity contribution < 1.29 is 8.78 Å². The highest BCUT2D eigenvalue weighted by Crippen LogP contribution is 2.18. The fourth-order valence-electron chi connectivity index (χ4n) is 1.83. The summed E-state index contributed by atoms with van der Waals surface area (Å²) in [7, 11) is 0. The number of hydrogen-bond donors (Lipinski definition) is 1. The van der Waals surface area contributed by atoms with Crippen LogP contribution >= 0.6 is 11.8 Å². The van der Waals surface area contributed by atoms with E-state index in [0.717, 1.165) is 18.2 Å². The lowest BCUT2D eigenvalue weighted by Gasteiger charge is -2.22. The molecule has 4 heteroatoms. The maximum absolute atomic E-state index is 13.3. The molecule has 1 heterocycles. The van der Waals surface area contributed by atoms with Crippen LogP contribution in [0.4, 0.5) is 8.78 Å². The Labute approximate surface area is 98.6 Å². The molecule has 16 heavy (non-hydrogen) atoms. The van der Waals surface area contributed by atoms with E-state index < -0.39 is 0 Å². The molecular weight excluding hydrogens is 228 g/mol. The van der Waals surface area contributed by atoms with Crippen LogP contribution in [0.1, 0.15) is 18.4 Å². The van der Waals surface area contributed by atoms with Crippen molar-refractivity contribution in [2.75, 3.05) is 11.5 Å². The summed E-state index contributed by atoms with van der Waals surface area (Å²) in [6, 6.07) is 4.02. The molecular formula is C12H15F2NS. The Hall–Kier alpha value is -0.610. The highest BCUT2D eigenvalue weighted by molar-refractivity contribution is 7.99. The van der Waals surface area contributed by atoms with Gasteiger partial charge >= 0.3 is 0 Å². The van der Waals surface area contributed by atoms with Crippen molar-refractivity contribution in [3.8, 4) is 0 Å². The van der Waals surface area contributed by atoms with Crippen LogP contribution in [0.3, 0.4) is 0 Å². The Bertz CT molecular complexity index is 351. The van der Waals surface area contributed by atoms with E-state index in [2.05, 4.69) is 5.32 Å². The molecule has 0 aliphatic carbocycles. The highest BCUT2D eigenvalue weighted by atomic mass is 32.2. The maximum Gasteiger partial charge on any atom is 0.127 e. The fourth-order valence-corrected chi connectivity index (χ4v) is 2.94. The average Bonchev–Trinajstić information content (AvgIpc) is 2.32. The second-order valence-electron chi connectivity index (χ2n) is 4.03. The summed E-state index contributed by atoms with van der Waals surface area (Å²) in [6.45, 7) is 0.412. The topological polar surface area (TPSA) is 12.0 Å². The van der Waals surface area contributed by atoms with Crippen molar-refractivity contribution in [3.63, 3.8) is 0 Å². The molecule has 1 nitrogen and oxygen atoms in total. The SMILES string of the molecule is Fc1ccc(F)c(CNC2CCCSC2)c1. The van der Waals surface area contributed by atoms with Gasteiger partial charge in [0, 0.05) is 23.9 Å². The normalized spacial score (nSPS) is 21.0. The van der Waals surface area contributed by atoms with Crippen LogP contribution in [-0.2, 0) is 6.54 Å². The predicted molar refractivity (Wildman–Crippen MR) is 63.5 cm³/mol. The van der Waals surface area contributed by atoms with E-state index >= 15 is 0 Å². The Morgan fingerprint density at radius 3 is 3.00 bits per heavy atom. The average molecular weight is 243 g/mol. The highest BCUT2D eigenvalue weighted by Gasteiger charge is 2.13. The van der Waals surface area contributed by atoms with E-state index in [0.29, 0.717) is 18.2 Å². The van der Waals surface area contributed by atoms with Crippen molar-refractivity contribution in [2.24, 2.45) is 0 Å². The molecule has 0 bridgehead atoms. The van der Waals surface area contributed by atoms with E-state index in [1.807, 2.05) is 11.8 Å². The van der Waals surface area contributed by atoms with Crippen molar-refractivity contribution in [1.82, 2.24) is 5.32 Å². The number of benzene rings is 1. The van der Waals surface area contributed by atoms with Gasteiger partial charge in [0.25, 0.3) is 0 Å². The van der Waals surface area contributed by atoms with Gasteiger partial charge in [-0.05, 0) is 36.8 Å². The van der Waals surface area contributed by atoms with Gasteiger partial charge in [-0.15, -0.1) is 0 Å². The van der Waals surface area contributed by atoms with E-state index in [9.17, 15) is 8.78 Å². The Morgan fingerprint density at radius 2 is 2.25 bits per heavy atom. The lowest BCUT2D eigenvalue weighted by molar-refractivity contribution is 0.493. The summed E-state index contributed by atoms with van der Waals surface area (Å²) in [5, 5.41) is 3.28. The molecule has 1 fully saturated rings. The quantitative estimate of drug-likeness (QED) is 0.876. The summed E-state index contributed by atoms with van der Waals surface area (Å²) in [5.41, 5.74) is 0.413. The minimum absolute atomic E-state index is 0.336. The molecule has 1 N–H and O–H groups in total. The summed E-state index contributed by atoms with van der Waals surface area (Å²) in [4.78, 5) is 0. The van der Waals surface area contributed by atoms with Gasteiger partial charge in [0.05, 0.1) is 0 Å². The number of rotatable bonds is 3. The molecule has 0 radical (unpaired) electrons. The molecule has 0 saturated carbocycles. The van der Waals surface area contributed by atoms with Crippen LogP contribution < -0.4 is 5.32 Å². The lowest BCUT2D eigenvalue weighted by Crippen LogP contribution is -2.33. The fraction of sp³-hybridized carbons (Fsp3) is 0.500. The molecule has 1 atom stereocenters. The zero-order valence-electron chi connectivity index (χ0n) is 9.01. The van der Waals surface area contributed by atoms with Gasteiger partial charge in [-0.25, -0.2) is 8.78 Å². The molecule has 0 aromatic heterocycles. The molecule has 88 valence electrons. The Balaban J connectivity index is 1.90. The van der Waals surface area contributed by atoms with E-state index in [-0.39, 0.29) is 11.6 Å². The van der Waals surface area contributed by atoms with Crippen LogP contribution in [0.25, 0.3) is 0 Å². The monoisotopic (exact) mass is 243 g/mol. The van der Waals surface area contributed by atoms with Gasteiger partial charge in [0.1, 0.15) is 11.6 Å². The molecule has 0 amide bonds. The number of nitrogens with one attached hydrogen (secondary N) is 1. The minimum Gasteiger partial charge on any atom is -0.309 e. The first kappa shape index (κ1) is 11.9. The van der Waals surface area contributed by atoms with Crippen LogP contribution in [0, 0.1) is 11.6 Å². The van der Waals surface area contributed by atoms with Gasteiger partial charge in [-0.1, -0.05) is 0 Å². The van der Waals surface area contributed by atoms with E-state index in [4.69, 9.17) is 0 Å². The molecule has 1 aliphatic heterocycles. The largest absolute Gasteiger partial charge is 0.309 e. The second kappa shape index (κ2) is 5.64. The van der Waals surface area contributed by atoms with Crippen molar-refractivity contribution in [2.45, 2.75) is 25.4 Å². The van der Waals surface area contributed by atoms with E-state index in [1.54, 1.807) is 0 Å². The first-order valence-electron chi connectivity index (χ1n) is 5.51. The van der Waals surface area contributed by atoms with Crippen LogP contribution in [0.15, 0.2) is 18.2 Å². The third-order valence-electron chi connectivity index (χ3n) is 2.75. The summed E-state index contributed by atoms with van der Waals surface area (Å²) in [5.74, 6) is 1.57. The number of hydrogen-bond acceptors (Lipinski definition) is 2. The standard InChI is InChI=1S/C12H15F2NS/c13-10-3-4-12(14)9(6-10)7-15-11-2-1-5-16-8-11/h3-4,6,11,15H,1-2,5,7-8H2. The summed E-state index contributed by atoms with van der Waals surface area (Å²) < 4.78 is 26.2.